The molecule has 0 aliphatic carbocycles. The minimum atomic E-state index is -0.0504. The third-order valence-corrected chi connectivity index (χ3v) is 1.74. The third-order valence-electron chi connectivity index (χ3n) is 1.74. The molecule has 4 nitrogen and oxygen atoms in total. The van der Waals surface area contributed by atoms with Crippen LogP contribution in [0.2, 0.25) is 0 Å². The SMILES string of the molecule is CCNC(=O)NC1CN(C)C1. The summed E-state index contributed by atoms with van der Waals surface area (Å²) >= 11 is 0. The summed E-state index contributed by atoms with van der Waals surface area (Å²) in [6.07, 6.45) is 0. The van der Waals surface area contributed by atoms with Crippen molar-refractivity contribution in [3.05, 3.63) is 0 Å². The van der Waals surface area contributed by atoms with Crippen LogP contribution in [-0.2, 0) is 0 Å². The fourth-order valence-electron chi connectivity index (χ4n) is 1.19. The van der Waals surface area contributed by atoms with Gasteiger partial charge in [-0.15, -0.1) is 0 Å². The zero-order valence-corrected chi connectivity index (χ0v) is 7.05. The first-order valence-electron chi connectivity index (χ1n) is 3.95. The lowest BCUT2D eigenvalue weighted by atomic mass is 10.1. The Morgan fingerprint density at radius 3 is 2.73 bits per heavy atom. The van der Waals surface area contributed by atoms with Crippen LogP contribution >= 0.6 is 0 Å². The number of nitrogens with one attached hydrogen (secondary N) is 2. The van der Waals surface area contributed by atoms with E-state index in [-0.39, 0.29) is 6.03 Å². The highest BCUT2D eigenvalue weighted by Crippen LogP contribution is 2.02. The van der Waals surface area contributed by atoms with Crippen molar-refractivity contribution < 1.29 is 4.79 Å². The number of urea groups is 1. The highest BCUT2D eigenvalue weighted by Gasteiger charge is 2.23. The Hall–Kier alpha value is -0.770. The summed E-state index contributed by atoms with van der Waals surface area (Å²) in [5.74, 6) is 0. The maximum absolute atomic E-state index is 10.9. The Morgan fingerprint density at radius 2 is 2.27 bits per heavy atom. The van der Waals surface area contributed by atoms with Crippen LogP contribution in [0.4, 0.5) is 4.79 Å². The molecule has 2 N–H and O–H groups in total. The van der Waals surface area contributed by atoms with Gasteiger partial charge in [0.1, 0.15) is 0 Å². The van der Waals surface area contributed by atoms with Gasteiger partial charge in [0, 0.05) is 19.6 Å². The van der Waals surface area contributed by atoms with Gasteiger partial charge in [0.2, 0.25) is 0 Å². The van der Waals surface area contributed by atoms with Crippen molar-refractivity contribution in [2.75, 3.05) is 26.7 Å². The molecule has 0 aromatic carbocycles. The van der Waals surface area contributed by atoms with Gasteiger partial charge in [-0.1, -0.05) is 0 Å². The quantitative estimate of drug-likeness (QED) is 0.574. The molecule has 64 valence electrons. The molecule has 1 rings (SSSR count). The van der Waals surface area contributed by atoms with E-state index in [1.807, 2.05) is 14.0 Å². The molecule has 1 aliphatic heterocycles. The topological polar surface area (TPSA) is 44.4 Å². The van der Waals surface area contributed by atoms with Crippen molar-refractivity contribution in [2.45, 2.75) is 13.0 Å². The Kier molecular flexibility index (Phi) is 2.70. The summed E-state index contributed by atoms with van der Waals surface area (Å²) in [7, 11) is 2.04. The second-order valence-corrected chi connectivity index (χ2v) is 2.92. The number of hydrogen-bond acceptors (Lipinski definition) is 2. The van der Waals surface area contributed by atoms with Crippen LogP contribution < -0.4 is 10.6 Å². The first-order valence-corrected chi connectivity index (χ1v) is 3.95. The van der Waals surface area contributed by atoms with Crippen LogP contribution in [0.3, 0.4) is 0 Å². The minimum absolute atomic E-state index is 0.0504. The molecular weight excluding hydrogens is 142 g/mol. The molecule has 1 aliphatic rings. The van der Waals surface area contributed by atoms with E-state index >= 15 is 0 Å². The van der Waals surface area contributed by atoms with Gasteiger partial charge >= 0.3 is 6.03 Å². The maximum Gasteiger partial charge on any atom is 0.315 e. The summed E-state index contributed by atoms with van der Waals surface area (Å²) in [5.41, 5.74) is 0. The zero-order chi connectivity index (χ0) is 8.27. The number of likely N-dealkylation sites (tertiary alicyclic amines) is 1. The molecule has 1 saturated heterocycles. The lowest BCUT2D eigenvalue weighted by Crippen LogP contribution is -2.59. The van der Waals surface area contributed by atoms with Crippen molar-refractivity contribution in [3.8, 4) is 0 Å². The molecule has 0 bridgehead atoms. The Labute approximate surface area is 66.9 Å². The molecule has 0 radical (unpaired) electrons. The normalized spacial score (nSPS) is 19.1. The van der Waals surface area contributed by atoms with Crippen molar-refractivity contribution in [3.63, 3.8) is 0 Å². The Balaban J connectivity index is 2.07. The van der Waals surface area contributed by atoms with Gasteiger partial charge in [0.05, 0.1) is 6.04 Å². The van der Waals surface area contributed by atoms with Gasteiger partial charge in [-0.3, -0.25) is 0 Å². The summed E-state index contributed by atoms with van der Waals surface area (Å²) in [4.78, 5) is 13.1. The van der Waals surface area contributed by atoms with Crippen molar-refractivity contribution in [1.82, 2.24) is 15.5 Å². The van der Waals surface area contributed by atoms with E-state index in [4.69, 9.17) is 0 Å². The summed E-state index contributed by atoms with van der Waals surface area (Å²) in [5, 5.41) is 5.55. The molecule has 1 heterocycles. The Bertz CT molecular complexity index is 143. The first kappa shape index (κ1) is 8.33. The second-order valence-electron chi connectivity index (χ2n) is 2.92. The molecule has 0 aromatic rings. The highest BCUT2D eigenvalue weighted by molar-refractivity contribution is 5.74. The van der Waals surface area contributed by atoms with Gasteiger partial charge in [-0.2, -0.15) is 0 Å². The van der Waals surface area contributed by atoms with Crippen LogP contribution in [-0.4, -0.2) is 43.7 Å². The van der Waals surface area contributed by atoms with E-state index < -0.39 is 0 Å². The number of rotatable bonds is 2. The van der Waals surface area contributed by atoms with Gasteiger partial charge < -0.3 is 15.5 Å². The molecule has 2 amide bonds. The fourth-order valence-corrected chi connectivity index (χ4v) is 1.19. The van der Waals surface area contributed by atoms with Crippen LogP contribution in [0.15, 0.2) is 0 Å². The molecule has 0 atom stereocenters. The molecular formula is C7H15N3O. The van der Waals surface area contributed by atoms with E-state index in [2.05, 4.69) is 15.5 Å². The molecule has 0 aromatic heterocycles. The van der Waals surface area contributed by atoms with Gasteiger partial charge in [0.15, 0.2) is 0 Å². The maximum atomic E-state index is 10.9. The molecule has 0 saturated carbocycles. The summed E-state index contributed by atoms with van der Waals surface area (Å²) < 4.78 is 0. The minimum Gasteiger partial charge on any atom is -0.338 e. The second kappa shape index (κ2) is 3.57. The van der Waals surface area contributed by atoms with Crippen molar-refractivity contribution in [1.29, 1.82) is 0 Å². The standard InChI is InChI=1S/C7H15N3O/c1-3-8-7(11)9-6-4-10(2)5-6/h6H,3-5H2,1-2H3,(H2,8,9,11). The summed E-state index contributed by atoms with van der Waals surface area (Å²) in [6, 6.07) is 0.303. The van der Waals surface area contributed by atoms with Crippen molar-refractivity contribution in [2.24, 2.45) is 0 Å². The highest BCUT2D eigenvalue weighted by atomic mass is 16.2. The first-order chi connectivity index (χ1) is 5.22. The van der Waals surface area contributed by atoms with E-state index in [1.54, 1.807) is 0 Å². The van der Waals surface area contributed by atoms with E-state index in [0.29, 0.717) is 12.6 Å². The number of nitrogens with zero attached hydrogens (tertiary/aromatic N) is 1. The van der Waals surface area contributed by atoms with Gasteiger partial charge in [-0.05, 0) is 14.0 Å². The number of carbonyl (C=O) groups is 1. The monoisotopic (exact) mass is 157 g/mol. The number of likely N-dealkylation sites (N-methyl/N-ethyl adjacent to an activating group) is 1. The van der Waals surface area contributed by atoms with Crippen molar-refractivity contribution >= 4 is 6.03 Å². The summed E-state index contributed by atoms with van der Waals surface area (Å²) in [6.45, 7) is 4.54. The van der Waals surface area contributed by atoms with E-state index in [0.717, 1.165) is 13.1 Å². The smallest absolute Gasteiger partial charge is 0.315 e. The predicted octanol–water partition coefficient (Wildman–Crippen LogP) is -0.380. The predicted molar refractivity (Wildman–Crippen MR) is 43.5 cm³/mol. The molecule has 0 spiro atoms. The van der Waals surface area contributed by atoms with E-state index in [1.165, 1.54) is 0 Å². The number of hydrogen-bond donors (Lipinski definition) is 2. The number of carbonyl (C=O) groups excluding carboxylic acids is 1. The molecule has 11 heavy (non-hydrogen) atoms. The average Bonchev–Trinajstić information content (AvgIpc) is 1.85. The molecule has 0 unspecified atom stereocenters. The largest absolute Gasteiger partial charge is 0.338 e. The fraction of sp³-hybridized carbons (Fsp3) is 0.857. The van der Waals surface area contributed by atoms with E-state index in [9.17, 15) is 4.79 Å². The average molecular weight is 157 g/mol. The number of amides is 2. The van der Waals surface area contributed by atoms with Crippen LogP contribution in [0.1, 0.15) is 6.92 Å². The van der Waals surface area contributed by atoms with Gasteiger partial charge in [-0.25, -0.2) is 4.79 Å². The third kappa shape index (κ3) is 2.38. The Morgan fingerprint density at radius 1 is 1.64 bits per heavy atom. The van der Waals surface area contributed by atoms with Gasteiger partial charge in [0.25, 0.3) is 0 Å². The zero-order valence-electron chi connectivity index (χ0n) is 7.05. The lowest BCUT2D eigenvalue weighted by molar-refractivity contribution is 0.161. The molecule has 4 heteroatoms. The van der Waals surface area contributed by atoms with Crippen LogP contribution in [0, 0.1) is 0 Å². The van der Waals surface area contributed by atoms with Crippen LogP contribution in [0.25, 0.3) is 0 Å². The van der Waals surface area contributed by atoms with Crippen LogP contribution in [0.5, 0.6) is 0 Å². The molecule has 1 fully saturated rings. The lowest BCUT2D eigenvalue weighted by Gasteiger charge is -2.36.